The third-order valence-corrected chi connectivity index (χ3v) is 4.36. The van der Waals surface area contributed by atoms with Gasteiger partial charge in [-0.1, -0.05) is 38.1 Å². The standard InChI is InChI=1S/C17H29N3/c1-13(2)17(20(3)4)12-19-16-9-10-18-11-14-7-5-6-8-15(14)16/h5-8,13,16-19H,9-12H2,1-4H3. The molecule has 0 saturated heterocycles. The molecule has 0 amide bonds. The maximum atomic E-state index is 3.80. The first kappa shape index (κ1) is 15.5. The van der Waals surface area contributed by atoms with Crippen LogP contribution < -0.4 is 10.6 Å². The van der Waals surface area contributed by atoms with Gasteiger partial charge in [-0.05, 0) is 44.1 Å². The van der Waals surface area contributed by atoms with Crippen LogP contribution in [0.2, 0.25) is 0 Å². The molecular weight excluding hydrogens is 246 g/mol. The van der Waals surface area contributed by atoms with E-state index in [4.69, 9.17) is 0 Å². The van der Waals surface area contributed by atoms with Crippen molar-refractivity contribution < 1.29 is 0 Å². The third kappa shape index (κ3) is 3.81. The van der Waals surface area contributed by atoms with Gasteiger partial charge in [-0.3, -0.25) is 0 Å². The summed E-state index contributed by atoms with van der Waals surface area (Å²) in [5.74, 6) is 0.664. The number of rotatable bonds is 5. The van der Waals surface area contributed by atoms with E-state index >= 15 is 0 Å². The monoisotopic (exact) mass is 275 g/mol. The SMILES string of the molecule is CC(C)C(CNC1CCNCc2ccccc21)N(C)C. The number of hydrogen-bond donors (Lipinski definition) is 2. The molecule has 0 saturated carbocycles. The summed E-state index contributed by atoms with van der Waals surface area (Å²) < 4.78 is 0. The topological polar surface area (TPSA) is 27.3 Å². The highest BCUT2D eigenvalue weighted by atomic mass is 15.1. The van der Waals surface area contributed by atoms with Gasteiger partial charge in [0.1, 0.15) is 0 Å². The fraction of sp³-hybridized carbons (Fsp3) is 0.647. The molecule has 2 atom stereocenters. The van der Waals surface area contributed by atoms with Gasteiger partial charge in [-0.15, -0.1) is 0 Å². The number of nitrogens with zero attached hydrogens (tertiary/aromatic N) is 1. The lowest BCUT2D eigenvalue weighted by Crippen LogP contribution is -2.42. The first-order chi connectivity index (χ1) is 9.59. The Morgan fingerprint density at radius 1 is 1.30 bits per heavy atom. The Morgan fingerprint density at radius 2 is 2.05 bits per heavy atom. The summed E-state index contributed by atoms with van der Waals surface area (Å²) >= 11 is 0. The predicted octanol–water partition coefficient (Wildman–Crippen LogP) is 2.40. The molecule has 0 bridgehead atoms. The van der Waals surface area contributed by atoms with Gasteiger partial charge >= 0.3 is 0 Å². The fourth-order valence-electron chi connectivity index (χ4n) is 3.15. The molecule has 3 nitrogen and oxygen atoms in total. The lowest BCUT2D eigenvalue weighted by atomic mass is 9.97. The number of fused-ring (bicyclic) bond motifs is 1. The minimum atomic E-state index is 0.474. The zero-order chi connectivity index (χ0) is 14.5. The van der Waals surface area contributed by atoms with Gasteiger partial charge in [0.25, 0.3) is 0 Å². The van der Waals surface area contributed by atoms with Crippen LogP contribution in [0.3, 0.4) is 0 Å². The van der Waals surface area contributed by atoms with Gasteiger partial charge in [0.05, 0.1) is 0 Å². The van der Waals surface area contributed by atoms with Crippen molar-refractivity contribution >= 4 is 0 Å². The van der Waals surface area contributed by atoms with E-state index in [0.717, 1.165) is 26.1 Å². The zero-order valence-corrected chi connectivity index (χ0v) is 13.3. The highest BCUT2D eigenvalue weighted by Gasteiger charge is 2.21. The summed E-state index contributed by atoms with van der Waals surface area (Å²) in [6.07, 6.45) is 1.16. The Kier molecular flexibility index (Phi) is 5.58. The molecular formula is C17H29N3. The second-order valence-electron chi connectivity index (χ2n) is 6.40. The van der Waals surface area contributed by atoms with Crippen LogP contribution in [0, 0.1) is 5.92 Å². The molecule has 0 spiro atoms. The van der Waals surface area contributed by atoms with Crippen molar-refractivity contribution in [1.82, 2.24) is 15.5 Å². The molecule has 112 valence electrons. The molecule has 2 unspecified atom stereocenters. The van der Waals surface area contributed by atoms with Crippen molar-refractivity contribution in [3.8, 4) is 0 Å². The van der Waals surface area contributed by atoms with Crippen LogP contribution in [-0.4, -0.2) is 38.1 Å². The maximum absolute atomic E-state index is 3.80. The summed E-state index contributed by atoms with van der Waals surface area (Å²) in [6.45, 7) is 7.73. The quantitative estimate of drug-likeness (QED) is 0.864. The molecule has 1 aromatic carbocycles. The molecule has 1 aliphatic rings. The Hall–Kier alpha value is -0.900. The predicted molar refractivity (Wildman–Crippen MR) is 85.8 cm³/mol. The normalized spacial score (nSPS) is 20.8. The highest BCUT2D eigenvalue weighted by Crippen LogP contribution is 2.23. The van der Waals surface area contributed by atoms with Gasteiger partial charge in [0.2, 0.25) is 0 Å². The lowest BCUT2D eigenvalue weighted by molar-refractivity contribution is 0.217. The van der Waals surface area contributed by atoms with E-state index < -0.39 is 0 Å². The number of nitrogens with one attached hydrogen (secondary N) is 2. The number of benzene rings is 1. The summed E-state index contributed by atoms with van der Waals surface area (Å²) in [6, 6.07) is 9.87. The molecule has 2 N–H and O–H groups in total. The number of likely N-dealkylation sites (N-methyl/N-ethyl adjacent to an activating group) is 1. The molecule has 0 aromatic heterocycles. The van der Waals surface area contributed by atoms with Gasteiger partial charge in [0, 0.05) is 25.2 Å². The summed E-state index contributed by atoms with van der Waals surface area (Å²) in [4.78, 5) is 2.33. The van der Waals surface area contributed by atoms with Crippen molar-refractivity contribution in [1.29, 1.82) is 0 Å². The molecule has 0 aliphatic carbocycles. The average molecular weight is 275 g/mol. The Labute approximate surface area is 123 Å². The second-order valence-corrected chi connectivity index (χ2v) is 6.40. The maximum Gasteiger partial charge on any atom is 0.0336 e. The third-order valence-electron chi connectivity index (χ3n) is 4.36. The van der Waals surface area contributed by atoms with Crippen molar-refractivity contribution in [3.05, 3.63) is 35.4 Å². The van der Waals surface area contributed by atoms with E-state index in [-0.39, 0.29) is 0 Å². The van der Waals surface area contributed by atoms with Crippen LogP contribution in [0.15, 0.2) is 24.3 Å². The Bertz CT molecular complexity index is 406. The van der Waals surface area contributed by atoms with Crippen LogP contribution in [-0.2, 0) is 6.54 Å². The zero-order valence-electron chi connectivity index (χ0n) is 13.3. The fourth-order valence-corrected chi connectivity index (χ4v) is 3.15. The molecule has 1 heterocycles. The minimum absolute atomic E-state index is 0.474. The van der Waals surface area contributed by atoms with Crippen LogP contribution in [0.5, 0.6) is 0 Å². The molecule has 20 heavy (non-hydrogen) atoms. The Morgan fingerprint density at radius 3 is 2.75 bits per heavy atom. The summed E-state index contributed by atoms with van der Waals surface area (Å²) in [5, 5.41) is 7.32. The summed E-state index contributed by atoms with van der Waals surface area (Å²) in [5.41, 5.74) is 2.91. The lowest BCUT2D eigenvalue weighted by Gasteiger charge is -2.30. The van der Waals surface area contributed by atoms with Gasteiger partial charge in [0.15, 0.2) is 0 Å². The molecule has 0 radical (unpaired) electrons. The van der Waals surface area contributed by atoms with Crippen LogP contribution in [0.4, 0.5) is 0 Å². The molecule has 0 fully saturated rings. The van der Waals surface area contributed by atoms with E-state index in [1.54, 1.807) is 0 Å². The first-order valence-electron chi connectivity index (χ1n) is 7.78. The number of hydrogen-bond acceptors (Lipinski definition) is 3. The first-order valence-corrected chi connectivity index (χ1v) is 7.78. The molecule has 2 rings (SSSR count). The summed E-state index contributed by atoms with van der Waals surface area (Å²) in [7, 11) is 4.35. The van der Waals surface area contributed by atoms with Gasteiger partial charge in [-0.25, -0.2) is 0 Å². The molecule has 1 aromatic rings. The van der Waals surface area contributed by atoms with Crippen molar-refractivity contribution in [2.75, 3.05) is 27.2 Å². The largest absolute Gasteiger partial charge is 0.313 e. The highest BCUT2D eigenvalue weighted by molar-refractivity contribution is 5.31. The molecule has 1 aliphatic heterocycles. The van der Waals surface area contributed by atoms with E-state index in [9.17, 15) is 0 Å². The van der Waals surface area contributed by atoms with Crippen molar-refractivity contribution in [2.24, 2.45) is 5.92 Å². The van der Waals surface area contributed by atoms with Crippen LogP contribution in [0.1, 0.15) is 37.4 Å². The Balaban J connectivity index is 2.05. The average Bonchev–Trinajstić information content (AvgIpc) is 2.61. The van der Waals surface area contributed by atoms with Crippen molar-refractivity contribution in [2.45, 2.75) is 38.9 Å². The smallest absolute Gasteiger partial charge is 0.0336 e. The van der Waals surface area contributed by atoms with Gasteiger partial charge < -0.3 is 15.5 Å². The van der Waals surface area contributed by atoms with E-state index in [0.29, 0.717) is 18.0 Å². The van der Waals surface area contributed by atoms with Crippen LogP contribution in [0.25, 0.3) is 0 Å². The van der Waals surface area contributed by atoms with Gasteiger partial charge in [-0.2, -0.15) is 0 Å². The second kappa shape index (κ2) is 7.21. The van der Waals surface area contributed by atoms with E-state index in [1.165, 1.54) is 11.1 Å². The minimum Gasteiger partial charge on any atom is -0.313 e. The van der Waals surface area contributed by atoms with Crippen LogP contribution >= 0.6 is 0 Å². The van der Waals surface area contributed by atoms with Crippen molar-refractivity contribution in [3.63, 3.8) is 0 Å². The van der Waals surface area contributed by atoms with E-state index in [2.05, 4.69) is 67.7 Å². The van der Waals surface area contributed by atoms with E-state index in [1.807, 2.05) is 0 Å². The molecule has 3 heteroatoms.